The molecule has 8 heteroatoms. The molecule has 1 aliphatic heterocycles. The van der Waals surface area contributed by atoms with Crippen molar-refractivity contribution in [1.82, 2.24) is 15.1 Å². The topological polar surface area (TPSA) is 73.0 Å². The average molecular weight is 389 g/mol. The molecule has 1 aromatic heterocycles. The van der Waals surface area contributed by atoms with E-state index in [2.05, 4.69) is 5.32 Å². The minimum atomic E-state index is -0.405. The Morgan fingerprint density at radius 3 is 2.52 bits per heavy atom. The molecule has 4 rings (SSSR count). The Morgan fingerprint density at radius 2 is 1.85 bits per heavy atom. The van der Waals surface area contributed by atoms with Gasteiger partial charge in [-0.15, -0.1) is 12.4 Å². The molecule has 0 saturated heterocycles. The third-order valence-corrected chi connectivity index (χ3v) is 4.60. The molecular weight excluding hydrogens is 371 g/mol. The summed E-state index contributed by atoms with van der Waals surface area (Å²) in [7, 11) is 0. The van der Waals surface area contributed by atoms with Gasteiger partial charge < -0.3 is 5.32 Å². The monoisotopic (exact) mass is 388 g/mol. The lowest BCUT2D eigenvalue weighted by atomic mass is 10.0. The van der Waals surface area contributed by atoms with Crippen LogP contribution < -0.4 is 5.32 Å². The van der Waals surface area contributed by atoms with Crippen LogP contribution in [0.5, 0.6) is 0 Å². The van der Waals surface area contributed by atoms with Gasteiger partial charge in [0.05, 0.1) is 17.2 Å². The molecule has 3 aromatic rings. The molecule has 0 spiro atoms. The summed E-state index contributed by atoms with van der Waals surface area (Å²) in [5.41, 5.74) is 5.05. The maximum absolute atomic E-state index is 13.2. The molecule has 140 valence electrons. The van der Waals surface area contributed by atoms with Gasteiger partial charge >= 0.3 is 0 Å². The highest BCUT2D eigenvalue weighted by atomic mass is 35.5. The highest BCUT2D eigenvalue weighted by Crippen LogP contribution is 2.28. The highest BCUT2D eigenvalue weighted by molar-refractivity contribution is 5.85. The summed E-state index contributed by atoms with van der Waals surface area (Å²) in [6.07, 6.45) is 0.858. The summed E-state index contributed by atoms with van der Waals surface area (Å²) in [5, 5.41) is 18.9. The fourth-order valence-corrected chi connectivity index (χ4v) is 3.29. The van der Waals surface area contributed by atoms with Crippen molar-refractivity contribution in [3.05, 3.63) is 81.3 Å². The molecule has 2 aromatic carbocycles. The zero-order chi connectivity index (χ0) is 18.1. The second-order valence-corrected chi connectivity index (χ2v) is 6.29. The number of non-ortho nitro benzene ring substituents is 1. The summed E-state index contributed by atoms with van der Waals surface area (Å²) in [5.74, 6) is -0.272. The maximum atomic E-state index is 13.2. The lowest BCUT2D eigenvalue weighted by Gasteiger charge is -2.15. The molecule has 0 saturated carbocycles. The van der Waals surface area contributed by atoms with Crippen LogP contribution >= 0.6 is 12.4 Å². The number of benzene rings is 2. The lowest BCUT2D eigenvalue weighted by molar-refractivity contribution is -0.384. The van der Waals surface area contributed by atoms with E-state index in [4.69, 9.17) is 5.10 Å². The van der Waals surface area contributed by atoms with Crippen molar-refractivity contribution in [1.29, 1.82) is 0 Å². The third kappa shape index (κ3) is 3.84. The van der Waals surface area contributed by atoms with Gasteiger partial charge in [0.15, 0.2) is 0 Å². The fraction of sp³-hybridized carbons (Fsp3) is 0.211. The van der Waals surface area contributed by atoms with Crippen molar-refractivity contribution in [2.24, 2.45) is 0 Å². The predicted molar refractivity (Wildman–Crippen MR) is 102 cm³/mol. The molecule has 0 radical (unpaired) electrons. The Bertz CT molecular complexity index is 955. The van der Waals surface area contributed by atoms with Gasteiger partial charge in [0.2, 0.25) is 0 Å². The van der Waals surface area contributed by atoms with E-state index >= 15 is 0 Å². The standard InChI is InChI=1S/C19H17FN4O2.ClH/c20-15-5-3-14(4-6-15)19-17-11-21-10-9-18(17)23(22-19)12-13-1-7-16(8-2-13)24(25)26;/h1-8,21H,9-12H2;1H. The van der Waals surface area contributed by atoms with Gasteiger partial charge in [0, 0.05) is 48.5 Å². The van der Waals surface area contributed by atoms with E-state index in [0.29, 0.717) is 6.54 Å². The molecule has 0 bridgehead atoms. The number of rotatable bonds is 4. The van der Waals surface area contributed by atoms with Crippen LogP contribution in [0.15, 0.2) is 48.5 Å². The second kappa shape index (κ2) is 7.85. The van der Waals surface area contributed by atoms with Crippen LogP contribution in [0.2, 0.25) is 0 Å². The lowest BCUT2D eigenvalue weighted by Crippen LogP contribution is -2.25. The molecule has 27 heavy (non-hydrogen) atoms. The average Bonchev–Trinajstić information content (AvgIpc) is 3.02. The zero-order valence-electron chi connectivity index (χ0n) is 14.4. The van der Waals surface area contributed by atoms with Crippen molar-refractivity contribution < 1.29 is 9.31 Å². The normalized spacial score (nSPS) is 12.9. The van der Waals surface area contributed by atoms with E-state index in [1.165, 1.54) is 24.3 Å². The quantitative estimate of drug-likeness (QED) is 0.546. The van der Waals surface area contributed by atoms with Gasteiger partial charge in [-0.2, -0.15) is 5.10 Å². The number of hydrogen-bond acceptors (Lipinski definition) is 4. The Kier molecular flexibility index (Phi) is 5.53. The highest BCUT2D eigenvalue weighted by Gasteiger charge is 2.21. The van der Waals surface area contributed by atoms with Crippen LogP contribution in [0.3, 0.4) is 0 Å². The first-order chi connectivity index (χ1) is 12.6. The summed E-state index contributed by atoms with van der Waals surface area (Å²) in [4.78, 5) is 10.4. The molecule has 6 nitrogen and oxygen atoms in total. The maximum Gasteiger partial charge on any atom is 0.269 e. The van der Waals surface area contributed by atoms with Crippen LogP contribution in [0, 0.1) is 15.9 Å². The van der Waals surface area contributed by atoms with E-state index in [0.717, 1.165) is 47.6 Å². The number of fused-ring (bicyclic) bond motifs is 1. The minimum Gasteiger partial charge on any atom is -0.312 e. The second-order valence-electron chi connectivity index (χ2n) is 6.29. The first kappa shape index (κ1) is 19.0. The Labute approximate surface area is 161 Å². The number of aromatic nitrogens is 2. The van der Waals surface area contributed by atoms with Crippen molar-refractivity contribution in [2.75, 3.05) is 6.54 Å². The van der Waals surface area contributed by atoms with Crippen molar-refractivity contribution >= 4 is 18.1 Å². The summed E-state index contributed by atoms with van der Waals surface area (Å²) in [6, 6.07) is 12.9. The molecule has 1 aliphatic rings. The van der Waals surface area contributed by atoms with Crippen LogP contribution in [-0.4, -0.2) is 21.2 Å². The first-order valence-electron chi connectivity index (χ1n) is 8.40. The minimum absolute atomic E-state index is 0. The van der Waals surface area contributed by atoms with Gasteiger partial charge in [-0.25, -0.2) is 4.39 Å². The van der Waals surface area contributed by atoms with Gasteiger partial charge in [-0.3, -0.25) is 14.8 Å². The predicted octanol–water partition coefficient (Wildman–Crippen LogP) is 3.71. The Balaban J connectivity index is 0.00000210. The molecule has 0 fully saturated rings. The zero-order valence-corrected chi connectivity index (χ0v) is 15.2. The van der Waals surface area contributed by atoms with E-state index in [-0.39, 0.29) is 23.9 Å². The largest absolute Gasteiger partial charge is 0.312 e. The third-order valence-electron chi connectivity index (χ3n) is 4.60. The summed E-state index contributed by atoms with van der Waals surface area (Å²) in [6.45, 7) is 2.14. The smallest absolute Gasteiger partial charge is 0.269 e. The molecule has 1 N–H and O–H groups in total. The molecule has 0 unspecified atom stereocenters. The molecule has 2 heterocycles. The molecule has 0 aliphatic carbocycles. The van der Waals surface area contributed by atoms with Crippen LogP contribution in [0.1, 0.15) is 16.8 Å². The van der Waals surface area contributed by atoms with E-state index < -0.39 is 4.92 Å². The van der Waals surface area contributed by atoms with E-state index in [1.807, 2.05) is 4.68 Å². The number of nitro groups is 1. The fourth-order valence-electron chi connectivity index (χ4n) is 3.29. The SMILES string of the molecule is Cl.O=[N+]([O-])c1ccc(Cn2nc(-c3ccc(F)cc3)c3c2CCNC3)cc1. The number of nitrogens with one attached hydrogen (secondary N) is 1. The van der Waals surface area contributed by atoms with Crippen molar-refractivity contribution in [2.45, 2.75) is 19.5 Å². The van der Waals surface area contributed by atoms with Gasteiger partial charge in [0.1, 0.15) is 5.82 Å². The Morgan fingerprint density at radius 1 is 1.15 bits per heavy atom. The molecule has 0 atom stereocenters. The van der Waals surface area contributed by atoms with Crippen LogP contribution in [0.25, 0.3) is 11.3 Å². The van der Waals surface area contributed by atoms with E-state index in [1.54, 1.807) is 24.3 Å². The van der Waals surface area contributed by atoms with Gasteiger partial charge in [-0.05, 0) is 29.8 Å². The van der Waals surface area contributed by atoms with Gasteiger partial charge in [-0.1, -0.05) is 12.1 Å². The summed E-state index contributed by atoms with van der Waals surface area (Å²) < 4.78 is 15.2. The number of nitro benzene ring substituents is 1. The number of halogens is 2. The van der Waals surface area contributed by atoms with Crippen molar-refractivity contribution in [3.63, 3.8) is 0 Å². The van der Waals surface area contributed by atoms with Crippen LogP contribution in [0.4, 0.5) is 10.1 Å². The number of nitrogens with zero attached hydrogens (tertiary/aromatic N) is 3. The summed E-state index contributed by atoms with van der Waals surface area (Å²) >= 11 is 0. The van der Waals surface area contributed by atoms with Crippen molar-refractivity contribution in [3.8, 4) is 11.3 Å². The van der Waals surface area contributed by atoms with Gasteiger partial charge in [0.25, 0.3) is 5.69 Å². The Hall–Kier alpha value is -2.77. The molecular formula is C19H18ClFN4O2. The van der Waals surface area contributed by atoms with E-state index in [9.17, 15) is 14.5 Å². The molecule has 0 amide bonds. The number of hydrogen-bond donors (Lipinski definition) is 1. The first-order valence-corrected chi connectivity index (χ1v) is 8.40. The van der Waals surface area contributed by atoms with Crippen LogP contribution in [-0.2, 0) is 19.5 Å².